The van der Waals surface area contributed by atoms with Crippen LogP contribution in [0.25, 0.3) is 0 Å². The Labute approximate surface area is 116 Å². The summed E-state index contributed by atoms with van der Waals surface area (Å²) in [5.74, 6) is 0.424. The molecule has 2 nitrogen and oxygen atoms in total. The molecule has 1 aliphatic heterocycles. The third kappa shape index (κ3) is 2.98. The molecule has 1 aliphatic rings. The highest BCUT2D eigenvalue weighted by molar-refractivity contribution is 5.28. The maximum Gasteiger partial charge on any atom is 0.128 e. The first-order chi connectivity index (χ1) is 9.04. The van der Waals surface area contributed by atoms with E-state index in [0.717, 1.165) is 30.6 Å². The van der Waals surface area contributed by atoms with Gasteiger partial charge in [-0.25, -0.2) is 4.39 Å². The number of rotatable bonds is 4. The van der Waals surface area contributed by atoms with Crippen molar-refractivity contribution in [3.8, 4) is 0 Å². The third-order valence-electron chi connectivity index (χ3n) is 4.16. The van der Waals surface area contributed by atoms with Crippen molar-refractivity contribution < 1.29 is 4.39 Å². The van der Waals surface area contributed by atoms with Crippen LogP contribution in [0.3, 0.4) is 0 Å². The molecule has 1 fully saturated rings. The standard InChI is InChI=1S/C16H25FN2/c1-11(2)19-8-7-13(10-18-4)16(19)14-9-12(3)5-6-15(14)17/h5-6,9,11,13,16,18H,7-8,10H2,1-4H3. The summed E-state index contributed by atoms with van der Waals surface area (Å²) in [4.78, 5) is 2.43. The van der Waals surface area contributed by atoms with Crippen LogP contribution in [0.5, 0.6) is 0 Å². The minimum atomic E-state index is -0.0655. The Kier molecular flexibility index (Phi) is 4.58. The predicted octanol–water partition coefficient (Wildman–Crippen LogP) is 3.12. The molecule has 0 aromatic heterocycles. The number of nitrogens with zero attached hydrogens (tertiary/aromatic N) is 1. The van der Waals surface area contributed by atoms with Crippen LogP contribution in [0.2, 0.25) is 0 Å². The summed E-state index contributed by atoms with van der Waals surface area (Å²) in [5, 5.41) is 3.25. The first kappa shape index (κ1) is 14.5. The molecule has 1 N–H and O–H groups in total. The Morgan fingerprint density at radius 2 is 2.16 bits per heavy atom. The maximum absolute atomic E-state index is 14.2. The maximum atomic E-state index is 14.2. The molecule has 2 rings (SSSR count). The molecule has 3 heteroatoms. The highest BCUT2D eigenvalue weighted by Gasteiger charge is 2.37. The van der Waals surface area contributed by atoms with Crippen LogP contribution < -0.4 is 5.32 Å². The third-order valence-corrected chi connectivity index (χ3v) is 4.16. The first-order valence-corrected chi connectivity index (χ1v) is 7.21. The fraction of sp³-hybridized carbons (Fsp3) is 0.625. The van der Waals surface area contributed by atoms with E-state index in [0.29, 0.717) is 12.0 Å². The molecule has 0 radical (unpaired) electrons. The van der Waals surface area contributed by atoms with E-state index in [-0.39, 0.29) is 11.9 Å². The minimum Gasteiger partial charge on any atom is -0.319 e. The van der Waals surface area contributed by atoms with E-state index < -0.39 is 0 Å². The Balaban J connectivity index is 2.37. The van der Waals surface area contributed by atoms with Gasteiger partial charge >= 0.3 is 0 Å². The van der Waals surface area contributed by atoms with Gasteiger partial charge in [0.25, 0.3) is 0 Å². The minimum absolute atomic E-state index is 0.0655. The molecule has 0 saturated carbocycles. The smallest absolute Gasteiger partial charge is 0.128 e. The Hall–Kier alpha value is -0.930. The van der Waals surface area contributed by atoms with Gasteiger partial charge in [0.15, 0.2) is 0 Å². The molecule has 0 amide bonds. The quantitative estimate of drug-likeness (QED) is 0.899. The molecule has 1 saturated heterocycles. The van der Waals surface area contributed by atoms with Gasteiger partial charge in [-0.05, 0) is 59.3 Å². The number of hydrogen-bond donors (Lipinski definition) is 1. The van der Waals surface area contributed by atoms with Crippen molar-refractivity contribution in [2.24, 2.45) is 5.92 Å². The lowest BCUT2D eigenvalue weighted by molar-refractivity contribution is 0.179. The molecule has 19 heavy (non-hydrogen) atoms. The van der Waals surface area contributed by atoms with Crippen LogP contribution >= 0.6 is 0 Å². The molecule has 0 spiro atoms. The first-order valence-electron chi connectivity index (χ1n) is 7.21. The summed E-state index contributed by atoms with van der Waals surface area (Å²) >= 11 is 0. The van der Waals surface area contributed by atoms with Crippen molar-refractivity contribution >= 4 is 0 Å². The van der Waals surface area contributed by atoms with Crippen molar-refractivity contribution in [1.29, 1.82) is 0 Å². The van der Waals surface area contributed by atoms with Crippen LogP contribution in [0.4, 0.5) is 4.39 Å². The van der Waals surface area contributed by atoms with Gasteiger partial charge in [0, 0.05) is 17.6 Å². The fourth-order valence-electron chi connectivity index (χ4n) is 3.26. The van der Waals surface area contributed by atoms with E-state index in [1.54, 1.807) is 6.07 Å². The van der Waals surface area contributed by atoms with Crippen molar-refractivity contribution in [3.05, 3.63) is 35.1 Å². The Morgan fingerprint density at radius 3 is 2.79 bits per heavy atom. The summed E-state index contributed by atoms with van der Waals surface area (Å²) in [6.45, 7) is 8.43. The van der Waals surface area contributed by atoms with Crippen molar-refractivity contribution in [2.45, 2.75) is 39.3 Å². The number of benzene rings is 1. The monoisotopic (exact) mass is 264 g/mol. The lowest BCUT2D eigenvalue weighted by Crippen LogP contribution is -2.34. The van der Waals surface area contributed by atoms with Gasteiger partial charge in [-0.2, -0.15) is 0 Å². The molecule has 1 heterocycles. The predicted molar refractivity (Wildman–Crippen MR) is 77.8 cm³/mol. The summed E-state index contributed by atoms with van der Waals surface area (Å²) in [6, 6.07) is 6.13. The molecule has 1 aromatic carbocycles. The summed E-state index contributed by atoms with van der Waals surface area (Å²) < 4.78 is 14.2. The average Bonchev–Trinajstić information content (AvgIpc) is 2.76. The van der Waals surface area contributed by atoms with Crippen LogP contribution in [-0.4, -0.2) is 31.1 Å². The second-order valence-corrected chi connectivity index (χ2v) is 5.91. The summed E-state index contributed by atoms with van der Waals surface area (Å²) in [5.41, 5.74) is 2.00. The highest BCUT2D eigenvalue weighted by Crippen LogP contribution is 2.39. The van der Waals surface area contributed by atoms with Gasteiger partial charge in [-0.15, -0.1) is 0 Å². The molecule has 1 aromatic rings. The molecular weight excluding hydrogens is 239 g/mol. The number of halogens is 1. The second-order valence-electron chi connectivity index (χ2n) is 5.91. The molecule has 106 valence electrons. The molecule has 0 aliphatic carbocycles. The highest BCUT2D eigenvalue weighted by atomic mass is 19.1. The number of nitrogens with one attached hydrogen (secondary N) is 1. The van der Waals surface area contributed by atoms with E-state index >= 15 is 0 Å². The van der Waals surface area contributed by atoms with Gasteiger partial charge in [0.2, 0.25) is 0 Å². The van der Waals surface area contributed by atoms with E-state index in [2.05, 4.69) is 24.1 Å². The zero-order valence-corrected chi connectivity index (χ0v) is 12.4. The fourth-order valence-corrected chi connectivity index (χ4v) is 3.26. The number of hydrogen-bond acceptors (Lipinski definition) is 2. The molecule has 0 bridgehead atoms. The molecule has 2 unspecified atom stereocenters. The normalized spacial score (nSPS) is 24.3. The zero-order valence-electron chi connectivity index (χ0n) is 12.4. The summed E-state index contributed by atoms with van der Waals surface area (Å²) in [6.07, 6.45) is 1.14. The summed E-state index contributed by atoms with van der Waals surface area (Å²) in [7, 11) is 1.97. The molecule has 2 atom stereocenters. The second kappa shape index (κ2) is 6.02. The van der Waals surface area contributed by atoms with E-state index in [4.69, 9.17) is 0 Å². The molecular formula is C16H25FN2. The van der Waals surface area contributed by atoms with Gasteiger partial charge in [-0.1, -0.05) is 17.7 Å². The average molecular weight is 264 g/mol. The van der Waals surface area contributed by atoms with E-state index in [1.165, 1.54) is 0 Å². The van der Waals surface area contributed by atoms with Crippen LogP contribution in [0.1, 0.15) is 37.4 Å². The van der Waals surface area contributed by atoms with Gasteiger partial charge < -0.3 is 5.32 Å². The lowest BCUT2D eigenvalue weighted by atomic mass is 9.92. The Bertz CT molecular complexity index is 431. The van der Waals surface area contributed by atoms with E-state index in [1.807, 2.05) is 26.1 Å². The van der Waals surface area contributed by atoms with Gasteiger partial charge in [-0.3, -0.25) is 4.90 Å². The van der Waals surface area contributed by atoms with Crippen LogP contribution in [-0.2, 0) is 0 Å². The van der Waals surface area contributed by atoms with Gasteiger partial charge in [0.05, 0.1) is 0 Å². The van der Waals surface area contributed by atoms with Crippen LogP contribution in [0, 0.1) is 18.7 Å². The van der Waals surface area contributed by atoms with Crippen molar-refractivity contribution in [3.63, 3.8) is 0 Å². The Morgan fingerprint density at radius 1 is 1.42 bits per heavy atom. The van der Waals surface area contributed by atoms with Gasteiger partial charge in [0.1, 0.15) is 5.82 Å². The largest absolute Gasteiger partial charge is 0.319 e. The lowest BCUT2D eigenvalue weighted by Gasteiger charge is -2.32. The van der Waals surface area contributed by atoms with Crippen LogP contribution in [0.15, 0.2) is 18.2 Å². The van der Waals surface area contributed by atoms with Crippen molar-refractivity contribution in [1.82, 2.24) is 10.2 Å². The topological polar surface area (TPSA) is 15.3 Å². The SMILES string of the molecule is CNCC1CCN(C(C)C)C1c1cc(C)ccc1F. The van der Waals surface area contributed by atoms with E-state index in [9.17, 15) is 4.39 Å². The number of aryl methyl sites for hydroxylation is 1. The van der Waals surface area contributed by atoms with Crippen molar-refractivity contribution in [2.75, 3.05) is 20.1 Å². The zero-order chi connectivity index (χ0) is 14.0. The number of likely N-dealkylation sites (tertiary alicyclic amines) is 1.